The molecule has 0 bridgehead atoms. The zero-order valence-corrected chi connectivity index (χ0v) is 11.3. The van der Waals surface area contributed by atoms with E-state index in [0.717, 1.165) is 6.92 Å². The maximum atomic E-state index is 13.3. The summed E-state index contributed by atoms with van der Waals surface area (Å²) >= 11 is 11.5. The van der Waals surface area contributed by atoms with Crippen LogP contribution in [0.25, 0.3) is 0 Å². The van der Waals surface area contributed by atoms with Crippen molar-refractivity contribution in [2.24, 2.45) is 0 Å². The quantitative estimate of drug-likeness (QED) is 0.738. The lowest BCUT2D eigenvalue weighted by atomic mass is 9.76. The Morgan fingerprint density at radius 3 is 1.94 bits per heavy atom. The molecule has 1 N–H and O–H groups in total. The fourth-order valence-corrected chi connectivity index (χ4v) is 2.23. The Kier molecular flexibility index (Phi) is 4.34. The minimum atomic E-state index is -4.58. The predicted octanol–water partition coefficient (Wildman–Crippen LogP) is 5.24. The fourth-order valence-electron chi connectivity index (χ4n) is 1.71. The first kappa shape index (κ1) is 15.3. The molecule has 6 heteroatoms. The Hall–Kier alpha value is -0.740. The Bertz CT molecular complexity index is 451. The summed E-state index contributed by atoms with van der Waals surface area (Å²) in [5.74, 6) is 0. The summed E-state index contributed by atoms with van der Waals surface area (Å²) in [5.41, 5.74) is -2.90. The first-order valence-corrected chi connectivity index (χ1v) is 5.99. The molecule has 1 aromatic rings. The first-order chi connectivity index (χ1) is 8.12. The topological polar surface area (TPSA) is 23.9 Å². The molecule has 0 fully saturated rings. The predicted molar refractivity (Wildman–Crippen MR) is 67.9 cm³/mol. The molecule has 1 aromatic carbocycles. The molecule has 0 amide bonds. The molecule has 1 nitrogen and oxygen atoms in total. The molecule has 0 aliphatic heterocycles. The van der Waals surface area contributed by atoms with E-state index in [1.807, 2.05) is 0 Å². The van der Waals surface area contributed by atoms with Crippen molar-refractivity contribution < 1.29 is 13.2 Å². The van der Waals surface area contributed by atoms with Crippen LogP contribution in [0, 0.1) is 5.41 Å². The number of rotatable bonds is 3. The second-order valence-corrected chi connectivity index (χ2v) is 4.99. The van der Waals surface area contributed by atoms with Crippen LogP contribution in [0.3, 0.4) is 0 Å². The summed E-state index contributed by atoms with van der Waals surface area (Å²) in [6.45, 7) is 2.49. The molecule has 1 atom stereocenters. The van der Waals surface area contributed by atoms with Gasteiger partial charge in [0.25, 0.3) is 0 Å². The average molecular weight is 298 g/mol. The zero-order valence-electron chi connectivity index (χ0n) is 9.83. The number of nitrogens with one attached hydrogen (secondary N) is 1. The van der Waals surface area contributed by atoms with Crippen LogP contribution >= 0.6 is 23.2 Å². The van der Waals surface area contributed by atoms with Crippen molar-refractivity contribution in [3.05, 3.63) is 33.8 Å². The molecular formula is C12H12Cl2F3N. The van der Waals surface area contributed by atoms with E-state index in [1.165, 1.54) is 25.1 Å². The van der Waals surface area contributed by atoms with Gasteiger partial charge in [0, 0.05) is 15.8 Å². The number of hydrogen-bond donors (Lipinski definition) is 1. The van der Waals surface area contributed by atoms with E-state index in [4.69, 9.17) is 28.6 Å². The van der Waals surface area contributed by atoms with E-state index in [-0.39, 0.29) is 22.0 Å². The van der Waals surface area contributed by atoms with Gasteiger partial charge in [-0.3, -0.25) is 0 Å². The Morgan fingerprint density at radius 2 is 1.61 bits per heavy atom. The van der Waals surface area contributed by atoms with Gasteiger partial charge in [-0.15, -0.1) is 0 Å². The lowest BCUT2D eigenvalue weighted by Crippen LogP contribution is -2.46. The van der Waals surface area contributed by atoms with Crippen molar-refractivity contribution in [2.75, 3.05) is 0 Å². The third-order valence-electron chi connectivity index (χ3n) is 2.96. The SMILES string of the molecule is CCC(=N)[C@@](C)(c1cc(Cl)cc(Cl)c1)C(F)(F)F. The van der Waals surface area contributed by atoms with E-state index < -0.39 is 17.3 Å². The van der Waals surface area contributed by atoms with Gasteiger partial charge in [0.1, 0.15) is 5.41 Å². The van der Waals surface area contributed by atoms with Gasteiger partial charge in [-0.2, -0.15) is 13.2 Å². The molecule has 0 aliphatic carbocycles. The van der Waals surface area contributed by atoms with Gasteiger partial charge < -0.3 is 5.41 Å². The molecule has 0 aliphatic rings. The number of benzene rings is 1. The van der Waals surface area contributed by atoms with Crippen LogP contribution in [0.1, 0.15) is 25.8 Å². The molecule has 0 radical (unpaired) electrons. The molecule has 18 heavy (non-hydrogen) atoms. The van der Waals surface area contributed by atoms with Crippen LogP contribution in [0.15, 0.2) is 18.2 Å². The van der Waals surface area contributed by atoms with E-state index in [2.05, 4.69) is 0 Å². The molecule has 0 spiro atoms. The molecule has 0 unspecified atom stereocenters. The monoisotopic (exact) mass is 297 g/mol. The summed E-state index contributed by atoms with van der Waals surface area (Å²) < 4.78 is 39.8. The number of halogens is 5. The minimum Gasteiger partial charge on any atom is -0.308 e. The third-order valence-corrected chi connectivity index (χ3v) is 3.40. The largest absolute Gasteiger partial charge is 0.403 e. The maximum absolute atomic E-state index is 13.3. The van der Waals surface area contributed by atoms with Gasteiger partial charge in [0.05, 0.1) is 0 Å². The molecule has 100 valence electrons. The van der Waals surface area contributed by atoms with E-state index in [0.29, 0.717) is 0 Å². The van der Waals surface area contributed by atoms with Gasteiger partial charge in [-0.05, 0) is 37.1 Å². The molecule has 0 aromatic heterocycles. The van der Waals surface area contributed by atoms with Gasteiger partial charge in [0.15, 0.2) is 0 Å². The van der Waals surface area contributed by atoms with Gasteiger partial charge >= 0.3 is 6.18 Å². The standard InChI is InChI=1S/C12H12Cl2F3N/c1-3-10(18)11(2,12(15,16)17)7-4-8(13)6-9(14)5-7/h4-6,18H,3H2,1-2H3/t11-/m1/s1. The molecule has 0 saturated heterocycles. The van der Waals surface area contributed by atoms with E-state index in [1.54, 1.807) is 0 Å². The van der Waals surface area contributed by atoms with E-state index >= 15 is 0 Å². The van der Waals surface area contributed by atoms with Crippen molar-refractivity contribution in [1.82, 2.24) is 0 Å². The van der Waals surface area contributed by atoms with Crippen molar-refractivity contribution in [2.45, 2.75) is 31.9 Å². The summed E-state index contributed by atoms with van der Waals surface area (Å²) in [7, 11) is 0. The summed E-state index contributed by atoms with van der Waals surface area (Å²) in [6.07, 6.45) is -4.58. The second-order valence-electron chi connectivity index (χ2n) is 4.11. The smallest absolute Gasteiger partial charge is 0.308 e. The Labute approximate surface area is 113 Å². The summed E-state index contributed by atoms with van der Waals surface area (Å²) in [6, 6.07) is 3.76. The highest BCUT2D eigenvalue weighted by Gasteiger charge is 2.54. The van der Waals surface area contributed by atoms with Crippen molar-refractivity contribution in [3.8, 4) is 0 Å². The highest BCUT2D eigenvalue weighted by Crippen LogP contribution is 2.43. The number of hydrogen-bond acceptors (Lipinski definition) is 1. The van der Waals surface area contributed by atoms with Crippen molar-refractivity contribution in [1.29, 1.82) is 5.41 Å². The van der Waals surface area contributed by atoms with Crippen molar-refractivity contribution in [3.63, 3.8) is 0 Å². The maximum Gasteiger partial charge on any atom is 0.403 e. The van der Waals surface area contributed by atoms with Crippen LogP contribution in [0.5, 0.6) is 0 Å². The highest BCUT2D eigenvalue weighted by atomic mass is 35.5. The average Bonchev–Trinajstić information content (AvgIpc) is 2.23. The Morgan fingerprint density at radius 1 is 1.17 bits per heavy atom. The fraction of sp³-hybridized carbons (Fsp3) is 0.417. The second kappa shape index (κ2) is 5.10. The van der Waals surface area contributed by atoms with Crippen LogP contribution in [0.4, 0.5) is 13.2 Å². The van der Waals surface area contributed by atoms with Crippen LogP contribution in [-0.2, 0) is 5.41 Å². The minimum absolute atomic E-state index is 0.000141. The van der Waals surface area contributed by atoms with Crippen molar-refractivity contribution >= 4 is 28.9 Å². The summed E-state index contributed by atoms with van der Waals surface area (Å²) in [5, 5.41) is 7.86. The lowest BCUT2D eigenvalue weighted by molar-refractivity contribution is -0.165. The first-order valence-electron chi connectivity index (χ1n) is 5.24. The van der Waals surface area contributed by atoms with E-state index in [9.17, 15) is 13.2 Å². The van der Waals surface area contributed by atoms with Crippen LogP contribution in [-0.4, -0.2) is 11.9 Å². The summed E-state index contributed by atoms with van der Waals surface area (Å²) in [4.78, 5) is 0. The van der Waals surface area contributed by atoms with Crippen LogP contribution < -0.4 is 0 Å². The zero-order chi connectivity index (χ0) is 14.1. The Balaban J connectivity index is 3.49. The molecule has 0 saturated carbocycles. The van der Waals surface area contributed by atoms with Gasteiger partial charge in [-0.25, -0.2) is 0 Å². The number of alkyl halides is 3. The van der Waals surface area contributed by atoms with Crippen LogP contribution in [0.2, 0.25) is 10.0 Å². The van der Waals surface area contributed by atoms with Gasteiger partial charge in [-0.1, -0.05) is 30.1 Å². The molecule has 0 heterocycles. The van der Waals surface area contributed by atoms with Gasteiger partial charge in [0.2, 0.25) is 0 Å². The lowest BCUT2D eigenvalue weighted by Gasteiger charge is -2.33. The third kappa shape index (κ3) is 2.64. The normalized spacial score (nSPS) is 15.3. The highest BCUT2D eigenvalue weighted by molar-refractivity contribution is 6.34. The molecular weight excluding hydrogens is 286 g/mol. The molecule has 1 rings (SSSR count).